The molecule has 1 aliphatic rings. The summed E-state index contributed by atoms with van der Waals surface area (Å²) in [5.41, 5.74) is 0.661. The molecule has 0 unspecified atom stereocenters. The van der Waals surface area contributed by atoms with Crippen molar-refractivity contribution in [3.8, 4) is 0 Å². The lowest BCUT2D eigenvalue weighted by molar-refractivity contribution is 0.0601. The van der Waals surface area contributed by atoms with Crippen LogP contribution in [0.25, 0.3) is 10.9 Å². The standard InChI is InChI=1S/C21H23N3O4/c1-27-21(26)14-8-9-17-18(11-14)22-19(23-20(17)25)13-24(15-5-2-3-6-15)12-16-7-4-10-28-16/h4,7-11,15H,2-3,5-6,12-13H2,1H3,(H,22,23,25). The van der Waals surface area contributed by atoms with E-state index in [9.17, 15) is 9.59 Å². The summed E-state index contributed by atoms with van der Waals surface area (Å²) < 4.78 is 10.3. The summed E-state index contributed by atoms with van der Waals surface area (Å²) in [6.45, 7) is 1.18. The van der Waals surface area contributed by atoms with Crippen molar-refractivity contribution >= 4 is 16.9 Å². The number of rotatable bonds is 6. The van der Waals surface area contributed by atoms with Crippen LogP contribution in [0.3, 0.4) is 0 Å². The molecule has 4 rings (SSSR count). The largest absolute Gasteiger partial charge is 0.468 e. The van der Waals surface area contributed by atoms with Gasteiger partial charge in [-0.05, 0) is 43.2 Å². The molecule has 3 aromatic rings. The number of furan rings is 1. The molecule has 146 valence electrons. The van der Waals surface area contributed by atoms with Gasteiger partial charge in [0.2, 0.25) is 0 Å². The molecule has 1 aromatic carbocycles. The molecule has 1 N–H and O–H groups in total. The van der Waals surface area contributed by atoms with E-state index in [1.165, 1.54) is 20.0 Å². The number of methoxy groups -OCH3 is 1. The minimum absolute atomic E-state index is 0.208. The Morgan fingerprint density at radius 3 is 2.82 bits per heavy atom. The lowest BCUT2D eigenvalue weighted by Crippen LogP contribution is -2.33. The maximum Gasteiger partial charge on any atom is 0.337 e. The molecule has 7 heteroatoms. The van der Waals surface area contributed by atoms with Crippen LogP contribution in [0.2, 0.25) is 0 Å². The molecule has 0 aliphatic heterocycles. The Morgan fingerprint density at radius 2 is 2.11 bits per heavy atom. The zero-order valence-corrected chi connectivity index (χ0v) is 15.8. The monoisotopic (exact) mass is 381 g/mol. The van der Waals surface area contributed by atoms with Gasteiger partial charge in [-0.1, -0.05) is 12.8 Å². The van der Waals surface area contributed by atoms with Crippen molar-refractivity contribution < 1.29 is 13.9 Å². The predicted octanol–water partition coefficient (Wildman–Crippen LogP) is 3.25. The highest BCUT2D eigenvalue weighted by Crippen LogP contribution is 2.26. The highest BCUT2D eigenvalue weighted by molar-refractivity contribution is 5.93. The number of hydrogen-bond donors (Lipinski definition) is 1. The van der Waals surface area contributed by atoms with Crippen molar-refractivity contribution in [1.29, 1.82) is 0 Å². The zero-order valence-electron chi connectivity index (χ0n) is 15.8. The predicted molar refractivity (Wildman–Crippen MR) is 104 cm³/mol. The van der Waals surface area contributed by atoms with Crippen molar-refractivity contribution in [2.45, 2.75) is 44.8 Å². The van der Waals surface area contributed by atoms with Gasteiger partial charge in [-0.2, -0.15) is 0 Å². The number of carbonyl (C=O) groups excluding carboxylic acids is 1. The molecule has 0 saturated heterocycles. The van der Waals surface area contributed by atoms with Crippen molar-refractivity contribution in [3.63, 3.8) is 0 Å². The maximum atomic E-state index is 12.5. The van der Waals surface area contributed by atoms with Gasteiger partial charge in [0.1, 0.15) is 11.6 Å². The second-order valence-corrected chi connectivity index (χ2v) is 7.16. The van der Waals surface area contributed by atoms with Gasteiger partial charge in [0.25, 0.3) is 5.56 Å². The topological polar surface area (TPSA) is 88.4 Å². The van der Waals surface area contributed by atoms with Crippen LogP contribution in [0.1, 0.15) is 47.6 Å². The van der Waals surface area contributed by atoms with Crippen LogP contribution in [0.15, 0.2) is 45.8 Å². The second-order valence-electron chi connectivity index (χ2n) is 7.16. The van der Waals surface area contributed by atoms with E-state index in [0.717, 1.165) is 18.6 Å². The Kier molecular flexibility index (Phi) is 5.25. The molecule has 0 spiro atoms. The Bertz CT molecular complexity index is 1020. The van der Waals surface area contributed by atoms with Gasteiger partial charge < -0.3 is 14.1 Å². The molecule has 1 saturated carbocycles. The number of nitrogens with one attached hydrogen (secondary N) is 1. The minimum atomic E-state index is -0.448. The first-order chi connectivity index (χ1) is 13.6. The summed E-state index contributed by atoms with van der Waals surface area (Å²) in [6.07, 6.45) is 6.36. The average Bonchev–Trinajstić information content (AvgIpc) is 3.40. The van der Waals surface area contributed by atoms with Gasteiger partial charge >= 0.3 is 5.97 Å². The molecule has 2 aromatic heterocycles. The van der Waals surface area contributed by atoms with Crippen LogP contribution in [0.5, 0.6) is 0 Å². The number of esters is 1. The van der Waals surface area contributed by atoms with Gasteiger partial charge in [-0.3, -0.25) is 9.69 Å². The van der Waals surface area contributed by atoms with Gasteiger partial charge in [0.15, 0.2) is 0 Å². The highest BCUT2D eigenvalue weighted by atomic mass is 16.5. The van der Waals surface area contributed by atoms with Crippen molar-refractivity contribution in [2.24, 2.45) is 0 Å². The number of aromatic amines is 1. The van der Waals surface area contributed by atoms with Crippen molar-refractivity contribution in [3.05, 3.63) is 64.1 Å². The first-order valence-electron chi connectivity index (χ1n) is 9.52. The number of ether oxygens (including phenoxy) is 1. The Labute approximate surface area is 162 Å². The average molecular weight is 381 g/mol. The van der Waals surface area contributed by atoms with Crippen LogP contribution < -0.4 is 5.56 Å². The quantitative estimate of drug-likeness (QED) is 0.660. The van der Waals surface area contributed by atoms with E-state index < -0.39 is 5.97 Å². The molecule has 0 bridgehead atoms. The van der Waals surface area contributed by atoms with Crippen LogP contribution in [-0.4, -0.2) is 34.0 Å². The molecule has 0 atom stereocenters. The molecule has 0 amide bonds. The summed E-state index contributed by atoms with van der Waals surface area (Å²) in [7, 11) is 1.33. The smallest absolute Gasteiger partial charge is 0.337 e. The van der Waals surface area contributed by atoms with Gasteiger partial charge in [0, 0.05) is 6.04 Å². The van der Waals surface area contributed by atoms with Crippen molar-refractivity contribution in [1.82, 2.24) is 14.9 Å². The Balaban J connectivity index is 1.65. The molecular formula is C21H23N3O4. The molecular weight excluding hydrogens is 358 g/mol. The van der Waals surface area contributed by atoms with E-state index in [1.54, 1.807) is 24.5 Å². The number of H-pyrrole nitrogens is 1. The maximum absolute atomic E-state index is 12.5. The lowest BCUT2D eigenvalue weighted by Gasteiger charge is -2.27. The zero-order chi connectivity index (χ0) is 19.5. The highest BCUT2D eigenvalue weighted by Gasteiger charge is 2.24. The fourth-order valence-electron chi connectivity index (χ4n) is 3.89. The summed E-state index contributed by atoms with van der Waals surface area (Å²) >= 11 is 0. The van der Waals surface area contributed by atoms with Gasteiger partial charge in [0.05, 0.1) is 42.9 Å². The first kappa shape index (κ1) is 18.4. The molecule has 7 nitrogen and oxygen atoms in total. The minimum Gasteiger partial charge on any atom is -0.468 e. The summed E-state index contributed by atoms with van der Waals surface area (Å²) in [5, 5.41) is 0.454. The molecule has 1 aliphatic carbocycles. The lowest BCUT2D eigenvalue weighted by atomic mass is 10.1. The van der Waals surface area contributed by atoms with Crippen LogP contribution in [-0.2, 0) is 17.8 Å². The second kappa shape index (κ2) is 7.98. The molecule has 1 fully saturated rings. The third-order valence-corrected chi connectivity index (χ3v) is 5.31. The van der Waals surface area contributed by atoms with E-state index in [2.05, 4.69) is 14.9 Å². The third kappa shape index (κ3) is 3.84. The number of fused-ring (bicyclic) bond motifs is 1. The normalized spacial score (nSPS) is 14.8. The SMILES string of the molecule is COC(=O)c1ccc2c(=O)[nH]c(CN(Cc3ccco3)C3CCCC3)nc2c1. The van der Waals surface area contributed by atoms with E-state index in [1.807, 2.05) is 12.1 Å². The number of carbonyl (C=O) groups is 1. The fraction of sp³-hybridized carbons (Fsp3) is 0.381. The van der Waals surface area contributed by atoms with Crippen LogP contribution in [0, 0.1) is 0 Å². The van der Waals surface area contributed by atoms with Crippen LogP contribution in [0.4, 0.5) is 0 Å². The van der Waals surface area contributed by atoms with Gasteiger partial charge in [-0.15, -0.1) is 0 Å². The summed E-state index contributed by atoms with van der Waals surface area (Å²) in [6, 6.07) is 9.06. The summed E-state index contributed by atoms with van der Waals surface area (Å²) in [4.78, 5) is 34.1. The third-order valence-electron chi connectivity index (χ3n) is 5.31. The first-order valence-corrected chi connectivity index (χ1v) is 9.52. The number of aromatic nitrogens is 2. The molecule has 0 radical (unpaired) electrons. The molecule has 28 heavy (non-hydrogen) atoms. The number of nitrogens with zero attached hydrogens (tertiary/aromatic N) is 2. The summed E-state index contributed by atoms with van der Waals surface area (Å²) in [5.74, 6) is 1.02. The van der Waals surface area contributed by atoms with Crippen molar-refractivity contribution in [2.75, 3.05) is 7.11 Å². The van der Waals surface area contributed by atoms with Gasteiger partial charge in [-0.25, -0.2) is 9.78 Å². The van der Waals surface area contributed by atoms with E-state index in [-0.39, 0.29) is 5.56 Å². The number of benzene rings is 1. The Hall–Kier alpha value is -2.93. The fourth-order valence-corrected chi connectivity index (χ4v) is 3.89. The number of hydrogen-bond acceptors (Lipinski definition) is 6. The van der Waals surface area contributed by atoms with E-state index in [4.69, 9.17) is 9.15 Å². The van der Waals surface area contributed by atoms with E-state index >= 15 is 0 Å². The van der Waals surface area contributed by atoms with Crippen LogP contribution >= 0.6 is 0 Å². The van der Waals surface area contributed by atoms with E-state index in [0.29, 0.717) is 41.4 Å². The molecule has 2 heterocycles. The Morgan fingerprint density at radius 1 is 1.29 bits per heavy atom.